The molecule has 1 amide bonds. The van der Waals surface area contributed by atoms with Gasteiger partial charge in [0.1, 0.15) is 0 Å². The average molecular weight is 404 g/mol. The van der Waals surface area contributed by atoms with Crippen molar-refractivity contribution in [1.82, 2.24) is 4.90 Å². The van der Waals surface area contributed by atoms with Gasteiger partial charge in [-0.2, -0.15) is 0 Å². The fraction of sp³-hybridized carbons (Fsp3) is 0.545. The number of thioether (sulfide) groups is 1. The van der Waals surface area contributed by atoms with Gasteiger partial charge in [0.2, 0.25) is 0 Å². The lowest BCUT2D eigenvalue weighted by atomic mass is 10.2. The van der Waals surface area contributed by atoms with Crippen LogP contribution in [0.25, 0.3) is 0 Å². The highest BCUT2D eigenvalue weighted by atomic mass is 32.2. The zero-order valence-corrected chi connectivity index (χ0v) is 18.1. The molecule has 0 atom stereocenters. The van der Waals surface area contributed by atoms with Crippen molar-refractivity contribution in [2.75, 3.05) is 44.3 Å². The minimum atomic E-state index is -0.0331. The molecule has 1 aromatic carbocycles. The van der Waals surface area contributed by atoms with E-state index in [1.807, 2.05) is 36.5 Å². The third-order valence-electron chi connectivity index (χ3n) is 4.76. The summed E-state index contributed by atoms with van der Waals surface area (Å²) in [6, 6.07) is 9.68. The molecule has 0 saturated carbocycles. The lowest BCUT2D eigenvalue weighted by Crippen LogP contribution is -2.89. The number of nitrogens with two attached hydrogens (primary N) is 1. The van der Waals surface area contributed by atoms with Crippen LogP contribution >= 0.6 is 11.8 Å². The Morgan fingerprint density at radius 1 is 1.18 bits per heavy atom. The maximum Gasteiger partial charge on any atom is 0.264 e. The van der Waals surface area contributed by atoms with E-state index in [0.717, 1.165) is 54.6 Å². The topological polar surface area (TPSA) is 61.3 Å². The molecule has 0 radical (unpaired) electrons. The number of carbonyl (C=O) groups excluding carboxylic acids is 1. The summed E-state index contributed by atoms with van der Waals surface area (Å²) in [6.07, 6.45) is 8.04. The van der Waals surface area contributed by atoms with Crippen LogP contribution in [-0.2, 0) is 4.79 Å². The van der Waals surface area contributed by atoms with Gasteiger partial charge in [0.15, 0.2) is 0 Å². The molecule has 1 heterocycles. The molecule has 0 aliphatic carbocycles. The van der Waals surface area contributed by atoms with E-state index in [1.54, 1.807) is 18.8 Å². The van der Waals surface area contributed by atoms with Gasteiger partial charge in [0, 0.05) is 18.9 Å². The number of benzene rings is 1. The summed E-state index contributed by atoms with van der Waals surface area (Å²) in [6.45, 7) is 6.23. The summed E-state index contributed by atoms with van der Waals surface area (Å²) in [5.74, 6) is 0.927. The van der Waals surface area contributed by atoms with Crippen LogP contribution in [0, 0.1) is 0 Å². The molecule has 1 aliphatic rings. The Kier molecular flexibility index (Phi) is 10.8. The lowest BCUT2D eigenvalue weighted by molar-refractivity contribution is -0.662. The monoisotopic (exact) mass is 403 g/mol. The number of para-hydroxylation sites is 1. The first-order chi connectivity index (χ1) is 13.8. The van der Waals surface area contributed by atoms with Crippen molar-refractivity contribution in [2.24, 2.45) is 4.99 Å². The SMILES string of the molecule is CCCCCCCS/C(C(=O)Nc1ccccc1)=C(/C=NC)N1CC[NH2+]CC1. The fourth-order valence-corrected chi connectivity index (χ4v) is 4.31. The summed E-state index contributed by atoms with van der Waals surface area (Å²) in [5.41, 5.74) is 1.79. The highest BCUT2D eigenvalue weighted by molar-refractivity contribution is 8.04. The van der Waals surface area contributed by atoms with Crippen LogP contribution < -0.4 is 10.6 Å². The molecule has 28 heavy (non-hydrogen) atoms. The van der Waals surface area contributed by atoms with E-state index in [-0.39, 0.29) is 5.91 Å². The number of carbonyl (C=O) groups is 1. The van der Waals surface area contributed by atoms with E-state index in [1.165, 1.54) is 25.7 Å². The van der Waals surface area contributed by atoms with Crippen LogP contribution in [0.4, 0.5) is 5.69 Å². The Bertz CT molecular complexity index is 639. The van der Waals surface area contributed by atoms with Crippen molar-refractivity contribution in [3.05, 3.63) is 40.9 Å². The van der Waals surface area contributed by atoms with Crippen LogP contribution in [-0.4, -0.2) is 56.0 Å². The Labute approximate surface area is 174 Å². The first-order valence-corrected chi connectivity index (χ1v) is 11.5. The number of nitrogens with zero attached hydrogens (tertiary/aromatic N) is 2. The smallest absolute Gasteiger partial charge is 0.264 e. The Morgan fingerprint density at radius 2 is 1.89 bits per heavy atom. The van der Waals surface area contributed by atoms with Crippen LogP contribution in [0.5, 0.6) is 0 Å². The van der Waals surface area contributed by atoms with Crippen molar-refractivity contribution in [2.45, 2.75) is 39.0 Å². The van der Waals surface area contributed by atoms with Crippen molar-refractivity contribution in [3.63, 3.8) is 0 Å². The first kappa shape index (κ1) is 22.5. The number of piperazine rings is 1. The molecule has 1 saturated heterocycles. The Morgan fingerprint density at radius 3 is 2.57 bits per heavy atom. The number of aliphatic imine (C=N–C) groups is 1. The average Bonchev–Trinajstić information content (AvgIpc) is 2.73. The van der Waals surface area contributed by atoms with Crippen molar-refractivity contribution in [1.29, 1.82) is 0 Å². The molecule has 1 fully saturated rings. The van der Waals surface area contributed by atoms with Gasteiger partial charge >= 0.3 is 0 Å². The predicted octanol–water partition coefficient (Wildman–Crippen LogP) is 3.12. The van der Waals surface area contributed by atoms with E-state index >= 15 is 0 Å². The van der Waals surface area contributed by atoms with E-state index < -0.39 is 0 Å². The first-order valence-electron chi connectivity index (χ1n) is 10.5. The van der Waals surface area contributed by atoms with Crippen LogP contribution in [0.1, 0.15) is 39.0 Å². The highest BCUT2D eigenvalue weighted by Crippen LogP contribution is 2.25. The van der Waals surface area contributed by atoms with Crippen LogP contribution in [0.2, 0.25) is 0 Å². The number of hydrogen-bond donors (Lipinski definition) is 2. The molecular weight excluding hydrogens is 368 g/mol. The Balaban J connectivity index is 2.15. The zero-order valence-electron chi connectivity index (χ0n) is 17.3. The summed E-state index contributed by atoms with van der Waals surface area (Å²) in [5, 5.41) is 5.39. The minimum absolute atomic E-state index is 0.0331. The zero-order chi connectivity index (χ0) is 20.0. The number of allylic oxidation sites excluding steroid dienone is 1. The van der Waals surface area contributed by atoms with E-state index in [9.17, 15) is 4.79 Å². The van der Waals surface area contributed by atoms with E-state index in [0.29, 0.717) is 0 Å². The second-order valence-corrected chi connectivity index (χ2v) is 8.14. The standard InChI is InChI=1S/C22H34N4OS/c1-3-4-5-6-10-17-28-21(22(27)25-19-11-8-7-9-12-19)20(18-23-2)26-15-13-24-14-16-26/h7-9,11-12,18,24H,3-6,10,13-17H2,1-2H3,(H,25,27)/p+1/b21-20-,23-18?. The number of quaternary nitrogens is 1. The molecule has 3 N–H and O–H groups in total. The molecule has 1 aliphatic heterocycles. The summed E-state index contributed by atoms with van der Waals surface area (Å²) < 4.78 is 0. The lowest BCUT2D eigenvalue weighted by Gasteiger charge is -2.29. The van der Waals surface area contributed by atoms with Gasteiger partial charge < -0.3 is 15.5 Å². The van der Waals surface area contributed by atoms with Crippen molar-refractivity contribution in [3.8, 4) is 0 Å². The van der Waals surface area contributed by atoms with Gasteiger partial charge in [-0.25, -0.2) is 0 Å². The second kappa shape index (κ2) is 13.4. The van der Waals surface area contributed by atoms with Gasteiger partial charge in [0.05, 0.1) is 36.8 Å². The number of amides is 1. The van der Waals surface area contributed by atoms with Gasteiger partial charge in [-0.05, 0) is 24.3 Å². The Hall–Kier alpha value is -1.79. The van der Waals surface area contributed by atoms with Crippen LogP contribution in [0.15, 0.2) is 45.9 Å². The van der Waals surface area contributed by atoms with Gasteiger partial charge in [0.25, 0.3) is 5.91 Å². The van der Waals surface area contributed by atoms with Gasteiger partial charge in [-0.3, -0.25) is 9.79 Å². The number of rotatable bonds is 11. The molecule has 0 spiro atoms. The second-order valence-electron chi connectivity index (χ2n) is 7.04. The molecule has 6 heteroatoms. The fourth-order valence-electron chi connectivity index (χ4n) is 3.24. The third kappa shape index (κ3) is 7.68. The number of nitrogens with one attached hydrogen (secondary N) is 1. The highest BCUT2D eigenvalue weighted by Gasteiger charge is 2.22. The minimum Gasteiger partial charge on any atom is -0.358 e. The summed E-state index contributed by atoms with van der Waals surface area (Å²) in [4.78, 5) is 20.5. The van der Waals surface area contributed by atoms with Gasteiger partial charge in [-0.15, -0.1) is 11.8 Å². The number of unbranched alkanes of at least 4 members (excludes halogenated alkanes) is 4. The predicted molar refractivity (Wildman–Crippen MR) is 121 cm³/mol. The molecule has 2 rings (SSSR count). The van der Waals surface area contributed by atoms with E-state index in [4.69, 9.17) is 0 Å². The maximum absolute atomic E-state index is 13.2. The maximum atomic E-state index is 13.2. The third-order valence-corrected chi connectivity index (χ3v) is 5.94. The largest absolute Gasteiger partial charge is 0.358 e. The molecule has 154 valence electrons. The quantitative estimate of drug-likeness (QED) is 0.339. The summed E-state index contributed by atoms with van der Waals surface area (Å²) >= 11 is 1.67. The van der Waals surface area contributed by atoms with Gasteiger partial charge in [-0.1, -0.05) is 50.8 Å². The number of anilines is 1. The molecule has 0 aromatic heterocycles. The summed E-state index contributed by atoms with van der Waals surface area (Å²) in [7, 11) is 1.78. The van der Waals surface area contributed by atoms with E-state index in [2.05, 4.69) is 27.4 Å². The molecular formula is C22H35N4OS+. The molecule has 0 bridgehead atoms. The normalized spacial score (nSPS) is 15.6. The van der Waals surface area contributed by atoms with Crippen LogP contribution in [0.3, 0.4) is 0 Å². The molecule has 0 unspecified atom stereocenters. The molecule has 1 aromatic rings. The number of hydrogen-bond acceptors (Lipinski definition) is 4. The van der Waals surface area contributed by atoms with Crippen molar-refractivity contribution < 1.29 is 10.1 Å². The molecule has 5 nitrogen and oxygen atoms in total. The van der Waals surface area contributed by atoms with Crippen molar-refractivity contribution >= 4 is 29.6 Å².